The summed E-state index contributed by atoms with van der Waals surface area (Å²) in [6, 6.07) is 5.51. The Labute approximate surface area is 113 Å². The van der Waals surface area contributed by atoms with Crippen LogP contribution in [-0.4, -0.2) is 54.6 Å². The minimum atomic E-state index is -0.540. The van der Waals surface area contributed by atoms with Crippen molar-refractivity contribution in [3.05, 3.63) is 35.6 Å². The summed E-state index contributed by atoms with van der Waals surface area (Å²) >= 11 is 0. The normalized spacial score (nSPS) is 12.5. The van der Waals surface area contributed by atoms with E-state index in [2.05, 4.69) is 0 Å². The van der Waals surface area contributed by atoms with Crippen molar-refractivity contribution in [1.82, 2.24) is 9.80 Å². The third-order valence-corrected chi connectivity index (χ3v) is 2.98. The van der Waals surface area contributed by atoms with Gasteiger partial charge in [-0.05, 0) is 38.7 Å². The zero-order chi connectivity index (χ0) is 14.4. The van der Waals surface area contributed by atoms with E-state index in [1.807, 2.05) is 6.92 Å². The number of benzene rings is 1. The first-order valence-electron chi connectivity index (χ1n) is 6.32. The molecule has 5 heteroatoms. The maximum absolute atomic E-state index is 13.3. The highest BCUT2D eigenvalue weighted by atomic mass is 19.1. The fourth-order valence-corrected chi connectivity index (χ4v) is 2.06. The first-order chi connectivity index (χ1) is 9.01. The van der Waals surface area contributed by atoms with E-state index in [1.54, 1.807) is 36.0 Å². The van der Waals surface area contributed by atoms with Crippen molar-refractivity contribution in [1.29, 1.82) is 0 Å². The highest BCUT2D eigenvalue weighted by Gasteiger charge is 2.27. The maximum Gasteiger partial charge on any atom is 0.244 e. The van der Waals surface area contributed by atoms with Gasteiger partial charge in [0.2, 0.25) is 5.91 Å². The molecule has 106 valence electrons. The number of aliphatic hydroxyl groups is 1. The van der Waals surface area contributed by atoms with Gasteiger partial charge in [-0.3, -0.25) is 9.69 Å². The van der Waals surface area contributed by atoms with Gasteiger partial charge in [0.15, 0.2) is 0 Å². The summed E-state index contributed by atoms with van der Waals surface area (Å²) in [5.74, 6) is -0.491. The van der Waals surface area contributed by atoms with Gasteiger partial charge >= 0.3 is 0 Å². The highest BCUT2D eigenvalue weighted by Crippen LogP contribution is 2.21. The van der Waals surface area contributed by atoms with Crippen molar-refractivity contribution < 1.29 is 14.3 Å². The number of hydrogen-bond acceptors (Lipinski definition) is 3. The molecule has 1 aromatic carbocycles. The molecule has 1 amide bonds. The molecule has 0 bridgehead atoms. The number of carbonyl (C=O) groups excluding carboxylic acids is 1. The molecule has 4 nitrogen and oxygen atoms in total. The number of halogens is 1. The molecule has 0 aromatic heterocycles. The topological polar surface area (TPSA) is 43.8 Å². The Balaban J connectivity index is 3.03. The maximum atomic E-state index is 13.3. The summed E-state index contributed by atoms with van der Waals surface area (Å²) in [7, 11) is 3.56. The van der Waals surface area contributed by atoms with E-state index in [0.29, 0.717) is 12.1 Å². The Morgan fingerprint density at radius 2 is 2.11 bits per heavy atom. The van der Waals surface area contributed by atoms with Crippen LogP contribution >= 0.6 is 0 Å². The Morgan fingerprint density at radius 3 is 2.58 bits per heavy atom. The quantitative estimate of drug-likeness (QED) is 0.845. The highest BCUT2D eigenvalue weighted by molar-refractivity contribution is 5.83. The standard InChI is InChI=1S/C14H21FN2O2/c1-4-17(8-9-18)14(19)13(16(2)3)11-6-5-7-12(15)10-11/h5-7,10,13,18H,4,8-9H2,1-3H3. The van der Waals surface area contributed by atoms with Gasteiger partial charge in [0.25, 0.3) is 0 Å². The van der Waals surface area contributed by atoms with Gasteiger partial charge in [0, 0.05) is 13.1 Å². The molecule has 1 atom stereocenters. The number of amides is 1. The SMILES string of the molecule is CCN(CCO)C(=O)C(c1cccc(F)c1)N(C)C. The monoisotopic (exact) mass is 268 g/mol. The minimum Gasteiger partial charge on any atom is -0.395 e. The zero-order valence-corrected chi connectivity index (χ0v) is 11.6. The predicted octanol–water partition coefficient (Wildman–Crippen LogP) is 1.27. The van der Waals surface area contributed by atoms with Gasteiger partial charge in [-0.15, -0.1) is 0 Å². The molecule has 1 rings (SSSR count). The summed E-state index contributed by atoms with van der Waals surface area (Å²) in [4.78, 5) is 15.8. The molecule has 0 aliphatic rings. The van der Waals surface area contributed by atoms with Crippen LogP contribution in [0.15, 0.2) is 24.3 Å². The molecule has 0 aliphatic carbocycles. The first kappa shape index (κ1) is 15.6. The van der Waals surface area contributed by atoms with Crippen LogP contribution < -0.4 is 0 Å². The van der Waals surface area contributed by atoms with Gasteiger partial charge < -0.3 is 10.0 Å². The van der Waals surface area contributed by atoms with Crippen LogP contribution in [0.5, 0.6) is 0 Å². The van der Waals surface area contributed by atoms with Crippen molar-refractivity contribution in [2.75, 3.05) is 33.8 Å². The van der Waals surface area contributed by atoms with Crippen LogP contribution in [0.25, 0.3) is 0 Å². The lowest BCUT2D eigenvalue weighted by atomic mass is 10.0. The van der Waals surface area contributed by atoms with E-state index >= 15 is 0 Å². The second-order valence-electron chi connectivity index (χ2n) is 4.56. The third kappa shape index (κ3) is 4.01. The average molecular weight is 268 g/mol. The van der Waals surface area contributed by atoms with Gasteiger partial charge in [-0.1, -0.05) is 12.1 Å². The largest absolute Gasteiger partial charge is 0.395 e. The van der Waals surface area contributed by atoms with Gasteiger partial charge in [-0.25, -0.2) is 4.39 Å². The van der Waals surface area contributed by atoms with E-state index in [1.165, 1.54) is 12.1 Å². The van der Waals surface area contributed by atoms with Gasteiger partial charge in [0.05, 0.1) is 6.61 Å². The lowest BCUT2D eigenvalue weighted by Gasteiger charge is -2.30. The van der Waals surface area contributed by atoms with Crippen LogP contribution in [0.3, 0.4) is 0 Å². The van der Waals surface area contributed by atoms with Gasteiger partial charge in [-0.2, -0.15) is 0 Å². The summed E-state index contributed by atoms with van der Waals surface area (Å²) in [5.41, 5.74) is 0.617. The molecule has 0 aliphatic heterocycles. The fourth-order valence-electron chi connectivity index (χ4n) is 2.06. The van der Waals surface area contributed by atoms with Crippen LogP contribution in [0.4, 0.5) is 4.39 Å². The van der Waals surface area contributed by atoms with Crippen molar-refractivity contribution in [3.8, 4) is 0 Å². The minimum absolute atomic E-state index is 0.0805. The Bertz CT molecular complexity index is 424. The Hall–Kier alpha value is -1.46. The molecular weight excluding hydrogens is 247 g/mol. The zero-order valence-electron chi connectivity index (χ0n) is 11.6. The van der Waals surface area contributed by atoms with Crippen molar-refractivity contribution >= 4 is 5.91 Å². The van der Waals surface area contributed by atoms with E-state index in [-0.39, 0.29) is 24.9 Å². The van der Waals surface area contributed by atoms with E-state index in [0.717, 1.165) is 0 Å². The van der Waals surface area contributed by atoms with E-state index < -0.39 is 6.04 Å². The van der Waals surface area contributed by atoms with Crippen LogP contribution in [0, 0.1) is 5.82 Å². The second-order valence-corrected chi connectivity index (χ2v) is 4.56. The molecule has 19 heavy (non-hydrogen) atoms. The lowest BCUT2D eigenvalue weighted by molar-refractivity contribution is -0.136. The third-order valence-electron chi connectivity index (χ3n) is 2.98. The molecule has 0 fully saturated rings. The average Bonchev–Trinajstić information content (AvgIpc) is 2.35. The second kappa shape index (κ2) is 7.21. The summed E-state index contributed by atoms with van der Waals surface area (Å²) in [6.07, 6.45) is 0. The fraction of sp³-hybridized carbons (Fsp3) is 0.500. The Morgan fingerprint density at radius 1 is 1.42 bits per heavy atom. The Kier molecular flexibility index (Phi) is 5.92. The molecule has 1 unspecified atom stereocenters. The smallest absolute Gasteiger partial charge is 0.244 e. The van der Waals surface area contributed by atoms with Crippen LogP contribution in [0.1, 0.15) is 18.5 Å². The molecular formula is C14H21FN2O2. The van der Waals surface area contributed by atoms with Crippen molar-refractivity contribution in [2.45, 2.75) is 13.0 Å². The number of hydrogen-bond donors (Lipinski definition) is 1. The molecule has 0 heterocycles. The molecule has 0 radical (unpaired) electrons. The molecule has 1 aromatic rings. The molecule has 1 N–H and O–H groups in total. The predicted molar refractivity (Wildman–Crippen MR) is 72.2 cm³/mol. The van der Waals surface area contributed by atoms with E-state index in [9.17, 15) is 9.18 Å². The van der Waals surface area contributed by atoms with Gasteiger partial charge in [0.1, 0.15) is 11.9 Å². The summed E-state index contributed by atoms with van der Waals surface area (Å²) in [6.45, 7) is 2.57. The first-order valence-corrected chi connectivity index (χ1v) is 6.32. The molecule has 0 saturated heterocycles. The summed E-state index contributed by atoms with van der Waals surface area (Å²) in [5, 5.41) is 8.98. The number of nitrogens with zero attached hydrogens (tertiary/aromatic N) is 2. The molecule has 0 spiro atoms. The lowest BCUT2D eigenvalue weighted by Crippen LogP contribution is -2.41. The van der Waals surface area contributed by atoms with Crippen LogP contribution in [0.2, 0.25) is 0 Å². The summed E-state index contributed by atoms with van der Waals surface area (Å²) < 4.78 is 13.3. The number of aliphatic hydroxyl groups excluding tert-OH is 1. The number of carbonyl (C=O) groups is 1. The van der Waals surface area contributed by atoms with Crippen molar-refractivity contribution in [2.24, 2.45) is 0 Å². The number of rotatable bonds is 6. The molecule has 0 saturated carbocycles. The number of likely N-dealkylation sites (N-methyl/N-ethyl adjacent to an activating group) is 2. The van der Waals surface area contributed by atoms with E-state index in [4.69, 9.17) is 5.11 Å². The van der Waals surface area contributed by atoms with Crippen molar-refractivity contribution in [3.63, 3.8) is 0 Å². The van der Waals surface area contributed by atoms with Crippen LogP contribution in [-0.2, 0) is 4.79 Å².